The Hall–Kier alpha value is -1.89. The topological polar surface area (TPSA) is 71.5 Å². The molecule has 1 atom stereocenters. The summed E-state index contributed by atoms with van der Waals surface area (Å²) in [5.74, 6) is 1.49. The van der Waals surface area contributed by atoms with Crippen LogP contribution in [0.1, 0.15) is 12.7 Å². The van der Waals surface area contributed by atoms with Gasteiger partial charge in [-0.15, -0.1) is 0 Å². The fourth-order valence-corrected chi connectivity index (χ4v) is 3.07. The van der Waals surface area contributed by atoms with E-state index in [0.29, 0.717) is 22.4 Å². The van der Waals surface area contributed by atoms with Crippen molar-refractivity contribution in [2.24, 2.45) is 0 Å². The quantitative estimate of drug-likeness (QED) is 0.685. The molecule has 1 N–H and O–H groups in total. The SMILES string of the molecule is C[C@H]1CN(Cc2ccc(-c3ccc([N+](=O)[O-])cc3Cl)o2)CCN1. The molecule has 23 heavy (non-hydrogen) atoms. The molecular formula is C16H18ClN3O3. The van der Waals surface area contributed by atoms with E-state index in [4.69, 9.17) is 16.0 Å². The van der Waals surface area contributed by atoms with Gasteiger partial charge in [-0.3, -0.25) is 15.0 Å². The fraction of sp³-hybridized carbons (Fsp3) is 0.375. The Bertz CT molecular complexity index is 716. The summed E-state index contributed by atoms with van der Waals surface area (Å²) in [5.41, 5.74) is 0.637. The first-order chi connectivity index (χ1) is 11.0. The summed E-state index contributed by atoms with van der Waals surface area (Å²) in [6.07, 6.45) is 0. The number of hydrogen-bond acceptors (Lipinski definition) is 5. The van der Waals surface area contributed by atoms with E-state index in [9.17, 15) is 10.1 Å². The van der Waals surface area contributed by atoms with Crippen molar-refractivity contribution >= 4 is 17.3 Å². The van der Waals surface area contributed by atoms with E-state index < -0.39 is 4.92 Å². The first-order valence-electron chi connectivity index (χ1n) is 7.51. The number of nitrogens with zero attached hydrogens (tertiary/aromatic N) is 2. The molecule has 2 heterocycles. The van der Waals surface area contributed by atoms with Crippen molar-refractivity contribution in [3.05, 3.63) is 51.2 Å². The van der Waals surface area contributed by atoms with Crippen LogP contribution in [0.2, 0.25) is 5.02 Å². The molecule has 0 saturated carbocycles. The van der Waals surface area contributed by atoms with E-state index in [1.165, 1.54) is 12.1 Å². The van der Waals surface area contributed by atoms with Gasteiger partial charge in [0.05, 0.1) is 16.5 Å². The molecule has 7 heteroatoms. The summed E-state index contributed by atoms with van der Waals surface area (Å²) >= 11 is 6.15. The predicted molar refractivity (Wildman–Crippen MR) is 88.6 cm³/mol. The van der Waals surface area contributed by atoms with Crippen molar-refractivity contribution in [3.63, 3.8) is 0 Å². The van der Waals surface area contributed by atoms with Crippen LogP contribution < -0.4 is 5.32 Å². The molecule has 1 aliphatic heterocycles. The number of nitrogens with one attached hydrogen (secondary N) is 1. The predicted octanol–water partition coefficient (Wildman–Crippen LogP) is 3.30. The largest absolute Gasteiger partial charge is 0.460 e. The zero-order valence-corrected chi connectivity index (χ0v) is 13.5. The van der Waals surface area contributed by atoms with E-state index in [-0.39, 0.29) is 5.69 Å². The molecule has 1 aromatic heterocycles. The first-order valence-corrected chi connectivity index (χ1v) is 7.89. The van der Waals surface area contributed by atoms with Crippen LogP contribution in [0.25, 0.3) is 11.3 Å². The van der Waals surface area contributed by atoms with Crippen molar-refractivity contribution in [1.82, 2.24) is 10.2 Å². The second-order valence-electron chi connectivity index (χ2n) is 5.78. The number of halogens is 1. The molecule has 6 nitrogen and oxygen atoms in total. The fourth-order valence-electron chi connectivity index (χ4n) is 2.80. The smallest absolute Gasteiger partial charge is 0.270 e. The van der Waals surface area contributed by atoms with E-state index in [2.05, 4.69) is 17.1 Å². The summed E-state index contributed by atoms with van der Waals surface area (Å²) in [7, 11) is 0. The zero-order valence-electron chi connectivity index (χ0n) is 12.8. The summed E-state index contributed by atoms with van der Waals surface area (Å²) < 4.78 is 5.87. The van der Waals surface area contributed by atoms with Crippen molar-refractivity contribution < 1.29 is 9.34 Å². The van der Waals surface area contributed by atoms with E-state index >= 15 is 0 Å². The Balaban J connectivity index is 1.75. The van der Waals surface area contributed by atoms with Gasteiger partial charge in [-0.05, 0) is 25.1 Å². The Kier molecular flexibility index (Phi) is 4.66. The highest BCUT2D eigenvalue weighted by Crippen LogP contribution is 2.32. The van der Waals surface area contributed by atoms with E-state index in [1.54, 1.807) is 6.07 Å². The van der Waals surface area contributed by atoms with Gasteiger partial charge in [0.1, 0.15) is 11.5 Å². The van der Waals surface area contributed by atoms with Crippen LogP contribution in [0.3, 0.4) is 0 Å². The minimum absolute atomic E-state index is 0.0275. The second-order valence-corrected chi connectivity index (χ2v) is 6.18. The molecule has 3 rings (SSSR count). The average molecular weight is 336 g/mol. The third kappa shape index (κ3) is 3.72. The number of rotatable bonds is 4. The van der Waals surface area contributed by atoms with Crippen molar-refractivity contribution in [3.8, 4) is 11.3 Å². The number of benzene rings is 1. The summed E-state index contributed by atoms with van der Waals surface area (Å²) in [6, 6.07) is 8.66. The lowest BCUT2D eigenvalue weighted by atomic mass is 10.1. The summed E-state index contributed by atoms with van der Waals surface area (Å²) in [6.45, 7) is 5.85. The third-order valence-electron chi connectivity index (χ3n) is 3.92. The van der Waals surface area contributed by atoms with Crippen molar-refractivity contribution in [2.75, 3.05) is 19.6 Å². The molecule has 0 radical (unpaired) electrons. The molecular weight excluding hydrogens is 318 g/mol. The molecule has 1 fully saturated rings. The number of non-ortho nitro benzene ring substituents is 1. The standard InChI is InChI=1S/C16H18ClN3O3/c1-11-9-19(7-6-18-11)10-13-3-5-16(23-13)14-4-2-12(20(21)22)8-15(14)17/h2-5,8,11,18H,6-7,9-10H2,1H3/t11-/m0/s1. The minimum atomic E-state index is -0.464. The maximum Gasteiger partial charge on any atom is 0.270 e. The Morgan fingerprint density at radius 3 is 2.96 bits per heavy atom. The number of nitro groups is 1. The molecule has 1 saturated heterocycles. The minimum Gasteiger partial charge on any atom is -0.460 e. The van der Waals surface area contributed by atoms with Crippen molar-refractivity contribution in [1.29, 1.82) is 0 Å². The lowest BCUT2D eigenvalue weighted by Crippen LogP contribution is -2.48. The molecule has 1 aliphatic rings. The maximum atomic E-state index is 10.8. The summed E-state index contributed by atoms with van der Waals surface area (Å²) in [4.78, 5) is 12.6. The Morgan fingerprint density at radius 2 is 2.26 bits per heavy atom. The van der Waals surface area contributed by atoms with Gasteiger partial charge >= 0.3 is 0 Å². The molecule has 0 unspecified atom stereocenters. The molecule has 0 aliphatic carbocycles. The molecule has 2 aromatic rings. The third-order valence-corrected chi connectivity index (χ3v) is 4.24. The van der Waals surface area contributed by atoms with Crippen molar-refractivity contribution in [2.45, 2.75) is 19.5 Å². The van der Waals surface area contributed by atoms with E-state index in [1.807, 2.05) is 12.1 Å². The van der Waals surface area contributed by atoms with Crippen LogP contribution in [0.15, 0.2) is 34.7 Å². The number of piperazine rings is 1. The van der Waals surface area contributed by atoms with Gasteiger partial charge in [0.15, 0.2) is 0 Å². The van der Waals surface area contributed by atoms with Crippen LogP contribution in [0, 0.1) is 10.1 Å². The lowest BCUT2D eigenvalue weighted by Gasteiger charge is -2.31. The van der Waals surface area contributed by atoms with Gasteiger partial charge in [0, 0.05) is 43.4 Å². The van der Waals surface area contributed by atoms with Crippen LogP contribution >= 0.6 is 11.6 Å². The highest BCUT2D eigenvalue weighted by molar-refractivity contribution is 6.33. The van der Waals surface area contributed by atoms with Gasteiger partial charge in [0.25, 0.3) is 5.69 Å². The molecule has 122 valence electrons. The number of hydrogen-bond donors (Lipinski definition) is 1. The molecule has 0 spiro atoms. The maximum absolute atomic E-state index is 10.8. The monoisotopic (exact) mass is 335 g/mol. The lowest BCUT2D eigenvalue weighted by molar-refractivity contribution is -0.384. The van der Waals surface area contributed by atoms with Crippen LogP contribution in [-0.4, -0.2) is 35.5 Å². The summed E-state index contributed by atoms with van der Waals surface area (Å²) in [5, 5.41) is 14.5. The van der Waals surface area contributed by atoms with Gasteiger partial charge in [0.2, 0.25) is 0 Å². The second kappa shape index (κ2) is 6.70. The van der Waals surface area contributed by atoms with Crippen LogP contribution in [-0.2, 0) is 6.54 Å². The van der Waals surface area contributed by atoms with Gasteiger partial charge in [-0.1, -0.05) is 11.6 Å². The Morgan fingerprint density at radius 1 is 1.43 bits per heavy atom. The first kappa shape index (κ1) is 16.0. The van der Waals surface area contributed by atoms with Crippen LogP contribution in [0.4, 0.5) is 5.69 Å². The van der Waals surface area contributed by atoms with E-state index in [0.717, 1.165) is 31.9 Å². The molecule has 0 bridgehead atoms. The van der Waals surface area contributed by atoms with Crippen LogP contribution in [0.5, 0.6) is 0 Å². The van der Waals surface area contributed by atoms with Gasteiger partial charge in [-0.2, -0.15) is 0 Å². The molecule has 0 amide bonds. The van der Waals surface area contributed by atoms with Gasteiger partial charge < -0.3 is 9.73 Å². The molecule has 1 aromatic carbocycles. The van der Waals surface area contributed by atoms with Gasteiger partial charge in [-0.25, -0.2) is 0 Å². The zero-order chi connectivity index (χ0) is 16.4. The number of nitro benzene ring substituents is 1. The normalized spacial score (nSPS) is 19.0. The average Bonchev–Trinajstić information content (AvgIpc) is 2.95. The number of furan rings is 1. The highest BCUT2D eigenvalue weighted by Gasteiger charge is 2.18. The Labute approximate surface area is 139 Å². The highest BCUT2D eigenvalue weighted by atomic mass is 35.5.